The number of ketones is 1. The molecule has 2 aliphatic heterocycles. The smallest absolute Gasteiger partial charge is 0.756 e. The molecule has 0 bridgehead atoms. The molecule has 24 heteroatoms. The van der Waals surface area contributed by atoms with Crippen molar-refractivity contribution in [3.05, 3.63) is 68.5 Å². The first-order valence-corrected chi connectivity index (χ1v) is 17.4. The molecule has 3 heterocycles. The summed E-state index contributed by atoms with van der Waals surface area (Å²) in [5.74, 6) is 0.191. The number of thioether (sulfide) groups is 1. The molecule has 2 aromatic rings. The van der Waals surface area contributed by atoms with E-state index in [1.54, 1.807) is 24.3 Å². The summed E-state index contributed by atoms with van der Waals surface area (Å²) in [5, 5.41) is 51.2. The largest absolute Gasteiger partial charge is 1.00 e. The quantitative estimate of drug-likeness (QED) is 0.0628. The van der Waals surface area contributed by atoms with Crippen LogP contribution in [-0.4, -0.2) is 102 Å². The standard InChI is InChI=1S/C24H32N2O17P2S.2Na/c1-11(27)13-4-2-12(3-5-13)9-46-10-15-18(30)19(31)21(33)23(41-15)42-45(37,38)43-44(35,36)39-8-14-17(29)20(32)22(40-14)26-7-6-16(28)25-24(26)34;;/h2-7,14-15,17-23,29-33H,8-10H2,1H3,(H,35,36)(H,37,38)(H,25,28,34);;/q;2*+1/p-2/t14-,15-,17-,18+,19+,20-,21-,22-,23?;;/m1../s1. The fraction of sp³-hybridized carbons (Fsp3) is 0.542. The SMILES string of the molecule is CC(=O)c1ccc(CSC[C@H]2OC(OP(=O)([O-])OP(=O)([O-])OC[C@H]3O[C@@H](n4ccc(=O)[nH]c4=O)[C@H](O)[C@@H]3O)[C@H](O)[C@@H](O)[C@H]2O)cc1.[Na+].[Na+]. The number of phosphoric acid groups is 2. The van der Waals surface area contributed by atoms with Crippen LogP contribution in [0.2, 0.25) is 0 Å². The Morgan fingerprint density at radius 3 is 2.15 bits per heavy atom. The Labute approximate surface area is 320 Å². The average molecular weight is 758 g/mol. The number of carbonyl (C=O) groups is 1. The minimum Gasteiger partial charge on any atom is -0.756 e. The van der Waals surface area contributed by atoms with Gasteiger partial charge in [-0.05, 0) is 12.5 Å². The summed E-state index contributed by atoms with van der Waals surface area (Å²) >= 11 is 1.19. The van der Waals surface area contributed by atoms with Crippen LogP contribution in [0.5, 0.6) is 0 Å². The topological polar surface area (TPSA) is 299 Å². The number of H-pyrrole nitrogens is 1. The van der Waals surface area contributed by atoms with E-state index >= 15 is 0 Å². The second-order valence-corrected chi connectivity index (χ2v) is 14.2. The number of aliphatic hydroxyl groups excluding tert-OH is 5. The monoisotopic (exact) mass is 758 g/mol. The van der Waals surface area contributed by atoms with E-state index < -0.39 is 88.7 Å². The maximum atomic E-state index is 12.4. The van der Waals surface area contributed by atoms with Crippen LogP contribution in [0, 0.1) is 0 Å². The molecule has 0 spiro atoms. The van der Waals surface area contributed by atoms with Crippen molar-refractivity contribution >= 4 is 33.2 Å². The van der Waals surface area contributed by atoms with Crippen LogP contribution in [0.25, 0.3) is 0 Å². The molecule has 0 radical (unpaired) electrons. The molecule has 2 fully saturated rings. The van der Waals surface area contributed by atoms with Crippen LogP contribution < -0.4 is 80.2 Å². The van der Waals surface area contributed by atoms with E-state index in [0.29, 0.717) is 15.9 Å². The van der Waals surface area contributed by atoms with Crippen molar-refractivity contribution in [2.24, 2.45) is 0 Å². The van der Waals surface area contributed by atoms with Gasteiger partial charge in [-0.15, -0.1) is 0 Å². The van der Waals surface area contributed by atoms with Crippen molar-refractivity contribution in [1.82, 2.24) is 9.55 Å². The van der Waals surface area contributed by atoms with Crippen molar-refractivity contribution in [3.63, 3.8) is 0 Å². The van der Waals surface area contributed by atoms with Crippen molar-refractivity contribution in [2.75, 3.05) is 12.4 Å². The molecule has 0 saturated carbocycles. The summed E-state index contributed by atoms with van der Waals surface area (Å²) in [6.07, 6.45) is -15.2. The van der Waals surface area contributed by atoms with E-state index in [-0.39, 0.29) is 70.7 Å². The van der Waals surface area contributed by atoms with E-state index in [4.69, 9.17) is 9.47 Å². The molecule has 1 aromatic heterocycles. The number of aliphatic hydroxyl groups is 5. The molecular weight excluding hydrogens is 728 g/mol. The zero-order chi connectivity index (χ0) is 34.0. The molecule has 19 nitrogen and oxygen atoms in total. The number of ether oxygens (including phenoxy) is 2. The molecule has 48 heavy (non-hydrogen) atoms. The molecule has 0 amide bonds. The predicted octanol–water partition coefficient (Wildman–Crippen LogP) is -8.91. The van der Waals surface area contributed by atoms with Gasteiger partial charge in [0, 0.05) is 29.3 Å². The number of nitrogens with one attached hydrogen (secondary N) is 1. The van der Waals surface area contributed by atoms with Crippen molar-refractivity contribution in [1.29, 1.82) is 0 Å². The van der Waals surface area contributed by atoms with E-state index in [9.17, 15) is 58.8 Å². The Morgan fingerprint density at radius 2 is 1.54 bits per heavy atom. The number of aromatic nitrogens is 2. The Bertz CT molecular complexity index is 1600. The third-order valence-electron chi connectivity index (χ3n) is 6.87. The van der Waals surface area contributed by atoms with Gasteiger partial charge in [-0.1, -0.05) is 24.3 Å². The van der Waals surface area contributed by atoms with Gasteiger partial charge in [0.05, 0.1) is 12.7 Å². The number of hydrogen-bond donors (Lipinski definition) is 6. The summed E-state index contributed by atoms with van der Waals surface area (Å²) in [6.45, 7) is 0.303. The second-order valence-electron chi connectivity index (χ2n) is 10.2. The van der Waals surface area contributed by atoms with Gasteiger partial charge < -0.3 is 49.3 Å². The van der Waals surface area contributed by atoms with Crippen molar-refractivity contribution < 1.29 is 131 Å². The Kier molecular flexibility index (Phi) is 17.1. The van der Waals surface area contributed by atoms with Gasteiger partial charge in [0.2, 0.25) is 0 Å². The first kappa shape index (κ1) is 44.1. The Balaban J connectivity index is 0.00000400. The fourth-order valence-corrected chi connectivity index (χ4v) is 7.59. The zero-order valence-electron chi connectivity index (χ0n) is 25.7. The molecule has 2 aliphatic rings. The fourth-order valence-electron chi connectivity index (χ4n) is 4.45. The minimum atomic E-state index is -5.93. The number of nitrogens with zero attached hydrogens (tertiary/aromatic N) is 1. The van der Waals surface area contributed by atoms with E-state index in [2.05, 4.69) is 13.4 Å². The normalized spacial score (nSPS) is 31.1. The van der Waals surface area contributed by atoms with Gasteiger partial charge in [-0.25, -0.2) is 9.11 Å². The van der Waals surface area contributed by atoms with E-state index in [1.807, 2.05) is 4.98 Å². The molecule has 6 N–H and O–H groups in total. The van der Waals surface area contributed by atoms with Crippen LogP contribution >= 0.6 is 27.4 Å². The Morgan fingerprint density at radius 1 is 0.917 bits per heavy atom. The van der Waals surface area contributed by atoms with E-state index in [1.165, 1.54) is 18.7 Å². The number of rotatable bonds is 13. The summed E-state index contributed by atoms with van der Waals surface area (Å²) in [4.78, 5) is 61.3. The molecule has 1 aromatic carbocycles. The van der Waals surface area contributed by atoms with Crippen LogP contribution in [0.1, 0.15) is 29.1 Å². The third-order valence-corrected chi connectivity index (χ3v) is 10.5. The van der Waals surface area contributed by atoms with Crippen LogP contribution in [-0.2, 0) is 37.7 Å². The maximum absolute atomic E-state index is 12.4. The van der Waals surface area contributed by atoms with Crippen LogP contribution in [0.4, 0.5) is 0 Å². The van der Waals surface area contributed by atoms with Gasteiger partial charge in [-0.2, -0.15) is 11.8 Å². The average Bonchev–Trinajstić information content (AvgIpc) is 3.25. The molecule has 0 aliphatic carbocycles. The van der Waals surface area contributed by atoms with Gasteiger partial charge in [-0.3, -0.25) is 32.8 Å². The van der Waals surface area contributed by atoms with Gasteiger partial charge >= 0.3 is 64.8 Å². The van der Waals surface area contributed by atoms with Crippen LogP contribution in [0.3, 0.4) is 0 Å². The van der Waals surface area contributed by atoms with Crippen molar-refractivity contribution in [2.45, 2.75) is 67.9 Å². The van der Waals surface area contributed by atoms with Gasteiger partial charge in [0.25, 0.3) is 21.2 Å². The molecular formula is C24H30N2Na2O17P2S. The molecule has 256 valence electrons. The number of benzene rings is 1. The van der Waals surface area contributed by atoms with Gasteiger partial charge in [0.1, 0.15) is 36.6 Å². The Hall–Kier alpha value is -0.100. The summed E-state index contributed by atoms with van der Waals surface area (Å²) in [7, 11) is -11.8. The summed E-state index contributed by atoms with van der Waals surface area (Å²) < 4.78 is 49.0. The van der Waals surface area contributed by atoms with Crippen LogP contribution in [0.15, 0.2) is 46.1 Å². The number of Topliss-reactive ketones (excluding diaryl/α,β-unsaturated/α-hetero) is 1. The number of phosphoric ester groups is 2. The van der Waals surface area contributed by atoms with Gasteiger partial charge in [0.15, 0.2) is 18.3 Å². The van der Waals surface area contributed by atoms with Crippen molar-refractivity contribution in [3.8, 4) is 0 Å². The third kappa shape index (κ3) is 11.4. The zero-order valence-corrected chi connectivity index (χ0v) is 32.3. The molecule has 3 unspecified atom stereocenters. The first-order valence-electron chi connectivity index (χ1n) is 13.3. The van der Waals surface area contributed by atoms with E-state index in [0.717, 1.165) is 17.8 Å². The summed E-state index contributed by atoms with van der Waals surface area (Å²) in [6, 6.07) is 7.57. The number of carbonyl (C=O) groups excluding carboxylic acids is 1. The minimum absolute atomic E-state index is 0. The first-order chi connectivity index (χ1) is 21.5. The molecule has 11 atom stereocenters. The number of hydrogen-bond acceptors (Lipinski definition) is 18. The summed E-state index contributed by atoms with van der Waals surface area (Å²) in [5.41, 5.74) is -0.475. The maximum Gasteiger partial charge on any atom is 1.00 e. The molecule has 4 rings (SSSR count). The number of aromatic amines is 1. The predicted molar refractivity (Wildman–Crippen MR) is 150 cm³/mol. The molecule has 2 saturated heterocycles. The second kappa shape index (κ2) is 18.6.